The minimum atomic E-state index is 0.646. The van der Waals surface area contributed by atoms with Gasteiger partial charge in [-0.05, 0) is 71.1 Å². The number of halogens is 1. The minimum Gasteiger partial charge on any atom is -0.412 e. The van der Waals surface area contributed by atoms with Gasteiger partial charge >= 0.3 is 0 Å². The SMILES string of the molecule is NOc1ccc(Nc2ccc(I)cc2)cc1. The number of hydrogen-bond acceptors (Lipinski definition) is 3. The summed E-state index contributed by atoms with van der Waals surface area (Å²) in [5.74, 6) is 5.69. The van der Waals surface area contributed by atoms with Gasteiger partial charge in [0, 0.05) is 14.9 Å². The molecule has 0 aromatic heterocycles. The Morgan fingerprint density at radius 1 is 0.875 bits per heavy atom. The summed E-state index contributed by atoms with van der Waals surface area (Å²) in [4.78, 5) is 4.61. The van der Waals surface area contributed by atoms with Crippen LogP contribution in [0.3, 0.4) is 0 Å². The van der Waals surface area contributed by atoms with Crippen molar-refractivity contribution in [1.82, 2.24) is 0 Å². The third-order valence-corrected chi connectivity index (χ3v) is 2.84. The Morgan fingerprint density at radius 2 is 1.38 bits per heavy atom. The third kappa shape index (κ3) is 2.86. The number of nitrogens with two attached hydrogens (primary N) is 1. The lowest BCUT2D eigenvalue weighted by Crippen LogP contribution is -2.01. The van der Waals surface area contributed by atoms with Crippen molar-refractivity contribution >= 4 is 34.0 Å². The van der Waals surface area contributed by atoms with E-state index >= 15 is 0 Å². The first-order chi connectivity index (χ1) is 7.78. The Bertz CT molecular complexity index is 453. The average molecular weight is 326 g/mol. The van der Waals surface area contributed by atoms with E-state index in [1.807, 2.05) is 36.4 Å². The molecule has 82 valence electrons. The molecule has 0 saturated heterocycles. The van der Waals surface area contributed by atoms with Gasteiger partial charge < -0.3 is 10.2 Å². The Morgan fingerprint density at radius 3 is 1.88 bits per heavy atom. The molecule has 0 amide bonds. The molecule has 3 N–H and O–H groups in total. The fourth-order valence-electron chi connectivity index (χ4n) is 1.32. The van der Waals surface area contributed by atoms with Crippen molar-refractivity contribution in [2.24, 2.45) is 5.90 Å². The summed E-state index contributed by atoms with van der Waals surface area (Å²) in [6, 6.07) is 15.6. The number of nitrogens with one attached hydrogen (secondary N) is 1. The van der Waals surface area contributed by atoms with E-state index in [2.05, 4.69) is 44.9 Å². The third-order valence-electron chi connectivity index (χ3n) is 2.12. The van der Waals surface area contributed by atoms with Crippen molar-refractivity contribution in [2.75, 3.05) is 5.32 Å². The van der Waals surface area contributed by atoms with E-state index in [1.165, 1.54) is 3.57 Å². The first kappa shape index (κ1) is 11.2. The molecule has 0 unspecified atom stereocenters. The fraction of sp³-hybridized carbons (Fsp3) is 0. The lowest BCUT2D eigenvalue weighted by Gasteiger charge is -2.06. The Labute approximate surface area is 108 Å². The fourth-order valence-corrected chi connectivity index (χ4v) is 1.68. The van der Waals surface area contributed by atoms with Crippen LogP contribution in [-0.2, 0) is 0 Å². The van der Waals surface area contributed by atoms with Gasteiger partial charge in [0.1, 0.15) is 5.75 Å². The van der Waals surface area contributed by atoms with Gasteiger partial charge in [-0.1, -0.05) is 0 Å². The molecule has 16 heavy (non-hydrogen) atoms. The lowest BCUT2D eigenvalue weighted by molar-refractivity contribution is 0.334. The van der Waals surface area contributed by atoms with Crippen molar-refractivity contribution in [2.45, 2.75) is 0 Å². The number of anilines is 2. The highest BCUT2D eigenvalue weighted by molar-refractivity contribution is 14.1. The lowest BCUT2D eigenvalue weighted by atomic mass is 10.2. The van der Waals surface area contributed by atoms with Gasteiger partial charge in [0.05, 0.1) is 0 Å². The average Bonchev–Trinajstić information content (AvgIpc) is 2.33. The van der Waals surface area contributed by atoms with Crippen LogP contribution in [0.25, 0.3) is 0 Å². The van der Waals surface area contributed by atoms with E-state index in [0.717, 1.165) is 11.4 Å². The van der Waals surface area contributed by atoms with Crippen LogP contribution in [0.2, 0.25) is 0 Å². The first-order valence-electron chi connectivity index (χ1n) is 4.77. The Balaban J connectivity index is 2.11. The summed E-state index contributed by atoms with van der Waals surface area (Å²) in [7, 11) is 0. The first-order valence-corrected chi connectivity index (χ1v) is 5.85. The van der Waals surface area contributed by atoms with E-state index in [4.69, 9.17) is 5.90 Å². The molecule has 0 aliphatic heterocycles. The van der Waals surface area contributed by atoms with Crippen LogP contribution in [0.5, 0.6) is 5.75 Å². The molecule has 2 rings (SSSR count). The smallest absolute Gasteiger partial charge is 0.146 e. The molecule has 0 bridgehead atoms. The molecule has 0 spiro atoms. The summed E-state index contributed by atoms with van der Waals surface area (Å²) in [6.45, 7) is 0. The van der Waals surface area contributed by atoms with Crippen molar-refractivity contribution in [1.29, 1.82) is 0 Å². The second kappa shape index (κ2) is 5.18. The van der Waals surface area contributed by atoms with E-state index in [-0.39, 0.29) is 0 Å². The molecule has 0 aliphatic rings. The molecule has 0 radical (unpaired) electrons. The standard InChI is InChI=1S/C12H11IN2O/c13-9-1-3-10(4-2-9)15-11-5-7-12(16-14)8-6-11/h1-8,15H,14H2. The summed E-state index contributed by atoms with van der Waals surface area (Å²) >= 11 is 2.28. The quantitative estimate of drug-likeness (QED) is 0.672. The molecule has 2 aromatic rings. The maximum Gasteiger partial charge on any atom is 0.146 e. The predicted octanol–water partition coefficient (Wildman–Crippen LogP) is 3.29. The van der Waals surface area contributed by atoms with E-state index in [1.54, 1.807) is 0 Å². The number of rotatable bonds is 3. The van der Waals surface area contributed by atoms with Gasteiger partial charge in [-0.25, -0.2) is 0 Å². The largest absolute Gasteiger partial charge is 0.412 e. The molecule has 0 saturated carbocycles. The van der Waals surface area contributed by atoms with Crippen LogP contribution < -0.4 is 16.1 Å². The summed E-state index contributed by atoms with van der Waals surface area (Å²) in [5.41, 5.74) is 2.06. The zero-order valence-electron chi connectivity index (χ0n) is 8.48. The highest BCUT2D eigenvalue weighted by atomic mass is 127. The van der Waals surface area contributed by atoms with Gasteiger partial charge in [-0.2, -0.15) is 5.90 Å². The minimum absolute atomic E-state index is 0.646. The molecule has 0 heterocycles. The maximum absolute atomic E-state index is 5.05. The number of benzene rings is 2. The van der Waals surface area contributed by atoms with E-state index < -0.39 is 0 Å². The monoisotopic (exact) mass is 326 g/mol. The molecule has 4 heteroatoms. The van der Waals surface area contributed by atoms with Gasteiger partial charge in [0.15, 0.2) is 0 Å². The molecule has 0 atom stereocenters. The van der Waals surface area contributed by atoms with E-state index in [0.29, 0.717) is 5.75 Å². The highest BCUT2D eigenvalue weighted by Crippen LogP contribution is 2.20. The maximum atomic E-state index is 5.05. The predicted molar refractivity (Wildman–Crippen MR) is 73.7 cm³/mol. The molecule has 3 nitrogen and oxygen atoms in total. The zero-order valence-corrected chi connectivity index (χ0v) is 10.6. The highest BCUT2D eigenvalue weighted by Gasteiger charge is 1.95. The van der Waals surface area contributed by atoms with Crippen molar-refractivity contribution in [3.63, 3.8) is 0 Å². The summed E-state index contributed by atoms with van der Waals surface area (Å²) in [6.07, 6.45) is 0. The summed E-state index contributed by atoms with van der Waals surface area (Å²) < 4.78 is 1.22. The van der Waals surface area contributed by atoms with Gasteiger partial charge in [0.2, 0.25) is 0 Å². The second-order valence-corrected chi connectivity index (χ2v) is 4.52. The van der Waals surface area contributed by atoms with Crippen LogP contribution in [0.4, 0.5) is 11.4 Å². The second-order valence-electron chi connectivity index (χ2n) is 3.27. The van der Waals surface area contributed by atoms with Crippen LogP contribution in [0.1, 0.15) is 0 Å². The number of hydrogen-bond donors (Lipinski definition) is 2. The summed E-state index contributed by atoms with van der Waals surface area (Å²) in [5, 5.41) is 3.28. The van der Waals surface area contributed by atoms with Gasteiger partial charge in [0.25, 0.3) is 0 Å². The molecule has 0 aliphatic carbocycles. The van der Waals surface area contributed by atoms with Crippen LogP contribution in [-0.4, -0.2) is 0 Å². The van der Waals surface area contributed by atoms with Crippen LogP contribution >= 0.6 is 22.6 Å². The van der Waals surface area contributed by atoms with Crippen LogP contribution in [0, 0.1) is 3.57 Å². The normalized spacial score (nSPS) is 9.88. The van der Waals surface area contributed by atoms with E-state index in [9.17, 15) is 0 Å². The van der Waals surface area contributed by atoms with Gasteiger partial charge in [-0.15, -0.1) is 0 Å². The Kier molecular flexibility index (Phi) is 3.63. The molecule has 0 fully saturated rings. The van der Waals surface area contributed by atoms with Gasteiger partial charge in [-0.3, -0.25) is 0 Å². The molecule has 2 aromatic carbocycles. The topological polar surface area (TPSA) is 47.3 Å². The molecular weight excluding hydrogens is 315 g/mol. The van der Waals surface area contributed by atoms with Crippen molar-refractivity contribution in [3.8, 4) is 5.75 Å². The zero-order chi connectivity index (χ0) is 11.4. The van der Waals surface area contributed by atoms with Crippen molar-refractivity contribution in [3.05, 3.63) is 52.1 Å². The van der Waals surface area contributed by atoms with Crippen molar-refractivity contribution < 1.29 is 4.84 Å². The molecular formula is C12H11IN2O. The Hall–Kier alpha value is -1.27. The van der Waals surface area contributed by atoms with Crippen LogP contribution in [0.15, 0.2) is 48.5 Å².